The first-order valence-electron chi connectivity index (χ1n) is 6.98. The van der Waals surface area contributed by atoms with Crippen molar-refractivity contribution in [3.8, 4) is 0 Å². The fraction of sp³-hybridized carbons (Fsp3) is 0.267. The van der Waals surface area contributed by atoms with Crippen molar-refractivity contribution in [3.05, 3.63) is 42.0 Å². The number of hydrogen-bond donors (Lipinski definition) is 2. The Balaban J connectivity index is 1.68. The van der Waals surface area contributed by atoms with E-state index >= 15 is 0 Å². The van der Waals surface area contributed by atoms with Crippen LogP contribution in [0.3, 0.4) is 0 Å². The highest BCUT2D eigenvalue weighted by Crippen LogP contribution is 2.28. The summed E-state index contributed by atoms with van der Waals surface area (Å²) in [7, 11) is 3.92. The molecule has 0 saturated heterocycles. The normalized spacial score (nSPS) is 10.8. The molecule has 0 fully saturated rings. The minimum Gasteiger partial charge on any atom is -0.354 e. The topological polar surface area (TPSA) is 73.9 Å². The van der Waals surface area contributed by atoms with Gasteiger partial charge in [0.1, 0.15) is 5.82 Å². The van der Waals surface area contributed by atoms with Crippen LogP contribution in [0, 0.1) is 0 Å². The van der Waals surface area contributed by atoms with Crippen molar-refractivity contribution in [1.29, 1.82) is 0 Å². The summed E-state index contributed by atoms with van der Waals surface area (Å²) in [4.78, 5) is 25.8. The number of amides is 1. The zero-order valence-electron chi connectivity index (χ0n) is 12.5. The Labute approximate surface area is 132 Å². The summed E-state index contributed by atoms with van der Waals surface area (Å²) in [5.41, 5.74) is 1.57. The summed E-state index contributed by atoms with van der Waals surface area (Å²) in [5, 5.41) is 3.84. The lowest BCUT2D eigenvalue weighted by Gasteiger charge is -2.04. The monoisotopic (exact) mass is 315 g/mol. The fourth-order valence-electron chi connectivity index (χ4n) is 2.08. The van der Waals surface area contributed by atoms with Crippen LogP contribution in [-0.4, -0.2) is 41.5 Å². The summed E-state index contributed by atoms with van der Waals surface area (Å²) in [6.07, 6.45) is 4.17. The van der Waals surface area contributed by atoms with Gasteiger partial charge in [0.2, 0.25) is 0 Å². The second kappa shape index (κ2) is 6.15. The van der Waals surface area contributed by atoms with Crippen LogP contribution in [0.2, 0.25) is 0 Å². The van der Waals surface area contributed by atoms with Crippen LogP contribution in [0.1, 0.15) is 16.2 Å². The van der Waals surface area contributed by atoms with E-state index in [0.717, 1.165) is 21.2 Å². The van der Waals surface area contributed by atoms with E-state index < -0.39 is 0 Å². The zero-order valence-corrected chi connectivity index (χ0v) is 13.3. The third kappa shape index (κ3) is 3.09. The molecule has 2 N–H and O–H groups in total. The van der Waals surface area contributed by atoms with Crippen molar-refractivity contribution in [2.24, 2.45) is 0 Å². The molecular weight excluding hydrogens is 298 g/mol. The molecule has 22 heavy (non-hydrogen) atoms. The van der Waals surface area contributed by atoms with E-state index in [0.29, 0.717) is 18.5 Å². The number of anilines is 1. The van der Waals surface area contributed by atoms with Crippen LogP contribution in [0.5, 0.6) is 0 Å². The van der Waals surface area contributed by atoms with Gasteiger partial charge in [0.25, 0.3) is 5.91 Å². The Kier molecular flexibility index (Phi) is 4.06. The Morgan fingerprint density at radius 1 is 1.41 bits per heavy atom. The molecule has 0 spiro atoms. The highest BCUT2D eigenvalue weighted by molar-refractivity contribution is 7.22. The maximum atomic E-state index is 12.2. The van der Waals surface area contributed by atoms with Gasteiger partial charge in [0.05, 0.1) is 10.2 Å². The highest BCUT2D eigenvalue weighted by Gasteiger charge is 2.10. The maximum absolute atomic E-state index is 12.2. The molecule has 0 aliphatic rings. The first-order chi connectivity index (χ1) is 10.6. The van der Waals surface area contributed by atoms with E-state index in [-0.39, 0.29) is 5.91 Å². The number of carbonyl (C=O) groups excluding carboxylic acids is 1. The second-order valence-corrected chi connectivity index (χ2v) is 6.12. The van der Waals surface area contributed by atoms with Crippen molar-refractivity contribution in [2.45, 2.75) is 6.42 Å². The third-order valence-corrected chi connectivity index (χ3v) is 4.41. The summed E-state index contributed by atoms with van der Waals surface area (Å²) < 4.78 is 1.02. The molecule has 2 heterocycles. The van der Waals surface area contributed by atoms with Crippen molar-refractivity contribution in [3.63, 3.8) is 0 Å². The van der Waals surface area contributed by atoms with Crippen LogP contribution in [-0.2, 0) is 6.42 Å². The van der Waals surface area contributed by atoms with Gasteiger partial charge >= 0.3 is 0 Å². The largest absolute Gasteiger partial charge is 0.354 e. The lowest BCUT2D eigenvalue weighted by Crippen LogP contribution is -2.25. The van der Waals surface area contributed by atoms with E-state index in [2.05, 4.69) is 20.3 Å². The minimum atomic E-state index is -0.0757. The summed E-state index contributed by atoms with van der Waals surface area (Å²) >= 11 is 1.58. The van der Waals surface area contributed by atoms with Crippen molar-refractivity contribution >= 4 is 32.6 Å². The minimum absolute atomic E-state index is 0.0757. The molecule has 0 unspecified atom stereocenters. The number of aromatic nitrogens is 3. The molecule has 6 nitrogen and oxygen atoms in total. The number of rotatable bonds is 5. The van der Waals surface area contributed by atoms with Crippen LogP contribution < -0.4 is 10.2 Å². The van der Waals surface area contributed by atoms with E-state index in [1.165, 1.54) is 0 Å². The average molecular weight is 315 g/mol. The summed E-state index contributed by atoms with van der Waals surface area (Å²) in [5.74, 6) is 0.794. The zero-order chi connectivity index (χ0) is 15.5. The number of nitrogens with zero attached hydrogens (tertiary/aromatic N) is 3. The SMILES string of the molecule is CN(C)c1nc2ccc(C(=O)NCCc3ncc[nH]3)cc2s1. The number of aromatic amines is 1. The molecule has 0 aliphatic carbocycles. The van der Waals surface area contributed by atoms with Gasteiger partial charge in [-0.15, -0.1) is 0 Å². The number of H-pyrrole nitrogens is 1. The second-order valence-electron chi connectivity index (χ2n) is 5.12. The lowest BCUT2D eigenvalue weighted by atomic mass is 10.2. The Morgan fingerprint density at radius 3 is 3.00 bits per heavy atom. The van der Waals surface area contributed by atoms with Gasteiger partial charge in [-0.25, -0.2) is 9.97 Å². The van der Waals surface area contributed by atoms with E-state index in [9.17, 15) is 4.79 Å². The Bertz CT molecular complexity index is 778. The van der Waals surface area contributed by atoms with Gasteiger partial charge in [-0.05, 0) is 18.2 Å². The molecule has 1 amide bonds. The number of hydrogen-bond acceptors (Lipinski definition) is 5. The van der Waals surface area contributed by atoms with Crippen LogP contribution in [0.25, 0.3) is 10.2 Å². The Hall–Kier alpha value is -2.41. The first kappa shape index (κ1) is 14.5. The average Bonchev–Trinajstić information content (AvgIpc) is 3.15. The van der Waals surface area contributed by atoms with Crippen molar-refractivity contribution < 1.29 is 4.79 Å². The van der Waals surface area contributed by atoms with Crippen LogP contribution >= 0.6 is 11.3 Å². The summed E-state index contributed by atoms with van der Waals surface area (Å²) in [6.45, 7) is 0.552. The third-order valence-electron chi connectivity index (χ3n) is 3.22. The van der Waals surface area contributed by atoms with Gasteiger partial charge in [0.15, 0.2) is 5.13 Å². The molecule has 0 aliphatic heterocycles. The van der Waals surface area contributed by atoms with Crippen LogP contribution in [0.4, 0.5) is 5.13 Å². The predicted molar refractivity (Wildman–Crippen MR) is 88.6 cm³/mol. The van der Waals surface area contributed by atoms with Gasteiger partial charge in [-0.3, -0.25) is 4.79 Å². The molecule has 7 heteroatoms. The molecule has 3 rings (SSSR count). The van der Waals surface area contributed by atoms with E-state index in [1.54, 1.807) is 23.7 Å². The highest BCUT2D eigenvalue weighted by atomic mass is 32.1. The molecule has 0 bridgehead atoms. The number of benzene rings is 1. The molecule has 0 radical (unpaired) electrons. The molecule has 0 saturated carbocycles. The predicted octanol–water partition coefficient (Wildman–Crippen LogP) is 2.06. The molecule has 2 aromatic heterocycles. The molecule has 0 atom stereocenters. The number of imidazole rings is 1. The first-order valence-corrected chi connectivity index (χ1v) is 7.79. The molecule has 1 aromatic carbocycles. The van der Waals surface area contributed by atoms with Gasteiger partial charge in [-0.2, -0.15) is 0 Å². The van der Waals surface area contributed by atoms with Gasteiger partial charge in [0, 0.05) is 45.0 Å². The number of carbonyl (C=O) groups is 1. The number of thiazole rings is 1. The lowest BCUT2D eigenvalue weighted by molar-refractivity contribution is 0.0954. The van der Waals surface area contributed by atoms with Gasteiger partial charge in [-0.1, -0.05) is 11.3 Å². The number of fused-ring (bicyclic) bond motifs is 1. The van der Waals surface area contributed by atoms with E-state index in [1.807, 2.05) is 37.2 Å². The molecule has 3 aromatic rings. The van der Waals surface area contributed by atoms with Crippen molar-refractivity contribution in [1.82, 2.24) is 20.3 Å². The van der Waals surface area contributed by atoms with E-state index in [4.69, 9.17) is 0 Å². The molecule has 114 valence electrons. The quantitative estimate of drug-likeness (QED) is 0.756. The fourth-order valence-corrected chi connectivity index (χ4v) is 3.00. The Morgan fingerprint density at radius 2 is 2.27 bits per heavy atom. The van der Waals surface area contributed by atoms with Crippen LogP contribution in [0.15, 0.2) is 30.6 Å². The summed E-state index contributed by atoms with van der Waals surface area (Å²) in [6, 6.07) is 5.59. The van der Waals surface area contributed by atoms with Crippen molar-refractivity contribution in [2.75, 3.05) is 25.5 Å². The smallest absolute Gasteiger partial charge is 0.251 e. The maximum Gasteiger partial charge on any atom is 0.251 e. The standard InChI is InChI=1S/C15H17N5OS/c1-20(2)15-19-11-4-3-10(9-12(11)22-15)14(21)18-6-5-13-16-7-8-17-13/h3-4,7-9H,5-6H2,1-2H3,(H,16,17)(H,18,21). The number of nitrogens with one attached hydrogen (secondary N) is 2. The molecular formula is C15H17N5OS. The van der Waals surface area contributed by atoms with Gasteiger partial charge < -0.3 is 15.2 Å².